The zero-order chi connectivity index (χ0) is 38.7. The Labute approximate surface area is 315 Å². The predicted molar refractivity (Wildman–Crippen MR) is 196 cm³/mol. The molecule has 4 saturated heterocycles. The number of piperazine rings is 1. The lowest BCUT2D eigenvalue weighted by Crippen LogP contribution is -2.71. The summed E-state index contributed by atoms with van der Waals surface area (Å²) in [4.78, 5) is 31.8. The maximum atomic E-state index is 17.6. The maximum Gasteiger partial charge on any atom is 0.415 e. The molecule has 0 saturated carbocycles. The third-order valence-corrected chi connectivity index (χ3v) is 12.1. The summed E-state index contributed by atoms with van der Waals surface area (Å²) in [5.74, 6) is -4.07. The summed E-state index contributed by atoms with van der Waals surface area (Å²) in [5, 5.41) is 1.04. The second-order valence-corrected chi connectivity index (χ2v) is 16.7. The number of fused-ring (bicyclic) bond motifs is 7. The van der Waals surface area contributed by atoms with Crippen LogP contribution in [0.1, 0.15) is 77.0 Å². The molecule has 55 heavy (non-hydrogen) atoms. The highest BCUT2D eigenvalue weighted by molar-refractivity contribution is 6.03. The average Bonchev–Trinajstić information content (AvgIpc) is 3.72. The van der Waals surface area contributed by atoms with Gasteiger partial charge in [0.15, 0.2) is 5.82 Å². The molecule has 4 fully saturated rings. The number of carbonyl (C=O) groups is 1. The third kappa shape index (κ3) is 5.51. The number of halogens is 5. The SMILES string of the molecule is C#Cc1c(F)ccc2cccc(-c3nc4c5c(nc(OC[C@@]67CCCN6C[C@H](F)C7)nc5c3F)N3C[C@@]5(F)CC[C@@](F)([C@H]3CCC4)N5C(=O)OC(C)(C)C)c12. The van der Waals surface area contributed by atoms with Crippen molar-refractivity contribution in [2.45, 2.75) is 107 Å². The molecule has 1 amide bonds. The van der Waals surface area contributed by atoms with E-state index in [2.05, 4.69) is 15.8 Å². The first kappa shape index (κ1) is 35.9. The highest BCUT2D eigenvalue weighted by Gasteiger charge is 2.69. The van der Waals surface area contributed by atoms with E-state index >= 15 is 17.6 Å². The molecule has 2 bridgehead atoms. The van der Waals surface area contributed by atoms with Crippen molar-refractivity contribution in [2.75, 3.05) is 31.1 Å². The fourth-order valence-corrected chi connectivity index (χ4v) is 9.86. The molecular weight excluding hydrogens is 719 g/mol. The standard InChI is InChI=1S/C41H41F5N6O3/c1-5-25-27(43)14-13-23-9-6-10-26(30(23)25)33-32(44)34-31-28(47-33)11-7-12-29-41(46)17-16-40(45,52(41)37(53)55-38(2,3)4)21-51(29)35(31)49-36(48-34)54-22-39-15-8-18-50(39)20-24(42)19-39/h1,6,9-10,13-14,24,29H,7-8,11-12,15-22H2,2-4H3/t24-,29-,39+,40-,41+/m1/s1. The van der Waals surface area contributed by atoms with Crippen molar-refractivity contribution in [2.24, 2.45) is 0 Å². The largest absolute Gasteiger partial charge is 0.461 e. The first-order valence-corrected chi connectivity index (χ1v) is 18.9. The number of alkyl halides is 3. The smallest absolute Gasteiger partial charge is 0.415 e. The van der Waals surface area contributed by atoms with E-state index in [9.17, 15) is 9.18 Å². The number of rotatable bonds is 4. The van der Waals surface area contributed by atoms with Crippen molar-refractivity contribution in [3.05, 3.63) is 53.2 Å². The highest BCUT2D eigenvalue weighted by Crippen LogP contribution is 2.55. The molecule has 2 aromatic heterocycles. The van der Waals surface area contributed by atoms with Gasteiger partial charge in [0.25, 0.3) is 0 Å². The van der Waals surface area contributed by atoms with Crippen LogP contribution in [-0.4, -0.2) is 92.0 Å². The van der Waals surface area contributed by atoms with Gasteiger partial charge in [0, 0.05) is 36.8 Å². The molecule has 0 N–H and O–H groups in total. The highest BCUT2D eigenvalue weighted by atomic mass is 19.2. The van der Waals surface area contributed by atoms with Crippen molar-refractivity contribution < 1.29 is 36.2 Å². The van der Waals surface area contributed by atoms with Crippen molar-refractivity contribution in [1.82, 2.24) is 24.8 Å². The molecule has 288 valence electrons. The Bertz CT molecular complexity index is 2310. The van der Waals surface area contributed by atoms with E-state index in [-0.39, 0.29) is 84.8 Å². The predicted octanol–water partition coefficient (Wildman–Crippen LogP) is 7.95. The van der Waals surface area contributed by atoms with Crippen LogP contribution in [0.25, 0.3) is 32.9 Å². The minimum absolute atomic E-state index is 0.0227. The molecule has 5 aliphatic heterocycles. The van der Waals surface area contributed by atoms with Gasteiger partial charge in [-0.3, -0.25) is 4.90 Å². The molecule has 9 rings (SSSR count). The maximum absolute atomic E-state index is 17.6. The number of nitrogens with zero attached hydrogens (tertiary/aromatic N) is 6. The molecule has 9 nitrogen and oxygen atoms in total. The molecule has 4 aromatic rings. The quantitative estimate of drug-likeness (QED) is 0.118. The fourth-order valence-electron chi connectivity index (χ4n) is 9.86. The summed E-state index contributed by atoms with van der Waals surface area (Å²) in [6, 6.07) is 6.53. The van der Waals surface area contributed by atoms with Gasteiger partial charge in [-0.25, -0.2) is 36.6 Å². The van der Waals surface area contributed by atoms with Crippen LogP contribution in [0.5, 0.6) is 6.01 Å². The number of carbonyl (C=O) groups excluding carboxylic acids is 1. The normalized spacial score (nSPS) is 28.9. The summed E-state index contributed by atoms with van der Waals surface area (Å²) >= 11 is 0. The number of terminal acetylenes is 1. The number of ether oxygens (including phenoxy) is 2. The lowest BCUT2D eigenvalue weighted by molar-refractivity contribution is -0.133. The van der Waals surface area contributed by atoms with Crippen LogP contribution in [0.15, 0.2) is 30.3 Å². The number of aryl methyl sites for hydroxylation is 1. The Kier molecular flexibility index (Phi) is 8.07. The first-order chi connectivity index (χ1) is 26.1. The van der Waals surface area contributed by atoms with Crippen molar-refractivity contribution in [3.8, 4) is 29.6 Å². The minimum Gasteiger partial charge on any atom is -0.461 e. The van der Waals surface area contributed by atoms with Gasteiger partial charge >= 0.3 is 12.1 Å². The fraction of sp³-hybridized carbons (Fsp3) is 0.512. The Morgan fingerprint density at radius 1 is 1.05 bits per heavy atom. The Balaban J connectivity index is 1.23. The van der Waals surface area contributed by atoms with E-state index in [1.165, 1.54) is 11.0 Å². The van der Waals surface area contributed by atoms with Gasteiger partial charge in [-0.1, -0.05) is 30.2 Å². The molecule has 5 aliphatic rings. The van der Waals surface area contributed by atoms with Crippen LogP contribution in [-0.2, 0) is 11.2 Å². The van der Waals surface area contributed by atoms with Crippen molar-refractivity contribution >= 4 is 33.6 Å². The molecule has 2 aromatic carbocycles. The second-order valence-electron chi connectivity index (χ2n) is 16.7. The van der Waals surface area contributed by atoms with Crippen LogP contribution < -0.4 is 9.64 Å². The number of pyridine rings is 1. The molecule has 0 spiro atoms. The lowest BCUT2D eigenvalue weighted by Gasteiger charge is -2.52. The van der Waals surface area contributed by atoms with Gasteiger partial charge in [0.1, 0.15) is 41.2 Å². The van der Waals surface area contributed by atoms with E-state index in [0.29, 0.717) is 40.8 Å². The first-order valence-electron chi connectivity index (χ1n) is 18.9. The van der Waals surface area contributed by atoms with E-state index in [4.69, 9.17) is 25.9 Å². The number of hydrogen-bond donors (Lipinski definition) is 0. The van der Waals surface area contributed by atoms with Crippen molar-refractivity contribution in [1.29, 1.82) is 0 Å². The van der Waals surface area contributed by atoms with Crippen LogP contribution in [0.3, 0.4) is 0 Å². The van der Waals surface area contributed by atoms with E-state index < -0.39 is 59.2 Å². The average molecular weight is 761 g/mol. The summed E-state index contributed by atoms with van der Waals surface area (Å²) in [6.07, 6.45) is 5.63. The second kappa shape index (κ2) is 12.4. The number of benzene rings is 2. The number of anilines is 1. The minimum atomic E-state index is -2.49. The van der Waals surface area contributed by atoms with Gasteiger partial charge in [-0.05, 0) is 70.9 Å². The van der Waals surface area contributed by atoms with Crippen LogP contribution >= 0.6 is 0 Å². The summed E-state index contributed by atoms with van der Waals surface area (Å²) < 4.78 is 93.8. The van der Waals surface area contributed by atoms with Gasteiger partial charge in [0.05, 0.1) is 34.8 Å². The van der Waals surface area contributed by atoms with E-state index in [1.807, 2.05) is 0 Å². The van der Waals surface area contributed by atoms with Crippen LogP contribution in [0.2, 0.25) is 0 Å². The Morgan fingerprint density at radius 2 is 1.87 bits per heavy atom. The molecular formula is C41H41F5N6O3. The van der Waals surface area contributed by atoms with Gasteiger partial charge in [-0.2, -0.15) is 9.97 Å². The Morgan fingerprint density at radius 3 is 2.65 bits per heavy atom. The molecule has 5 atom stereocenters. The monoisotopic (exact) mass is 760 g/mol. The number of hydrogen-bond acceptors (Lipinski definition) is 8. The molecule has 7 heterocycles. The molecule has 0 aliphatic carbocycles. The zero-order valence-electron chi connectivity index (χ0n) is 30.9. The lowest BCUT2D eigenvalue weighted by atomic mass is 9.90. The summed E-state index contributed by atoms with van der Waals surface area (Å²) in [7, 11) is 0. The number of aromatic nitrogens is 3. The van der Waals surface area contributed by atoms with E-state index in [1.54, 1.807) is 45.0 Å². The van der Waals surface area contributed by atoms with Gasteiger partial charge in [-0.15, -0.1) is 6.42 Å². The molecule has 0 unspecified atom stereocenters. The summed E-state index contributed by atoms with van der Waals surface area (Å²) in [6.45, 7) is 5.44. The van der Waals surface area contributed by atoms with Gasteiger partial charge < -0.3 is 14.4 Å². The van der Waals surface area contributed by atoms with Crippen LogP contribution in [0.4, 0.5) is 32.6 Å². The number of amides is 1. The van der Waals surface area contributed by atoms with Crippen molar-refractivity contribution in [3.63, 3.8) is 0 Å². The third-order valence-electron chi connectivity index (χ3n) is 12.1. The zero-order valence-corrected chi connectivity index (χ0v) is 30.9. The summed E-state index contributed by atoms with van der Waals surface area (Å²) in [5.41, 5.74) is -1.34. The topological polar surface area (TPSA) is 83.9 Å². The Hall–Kier alpha value is -4.77. The molecule has 0 radical (unpaired) electrons. The molecule has 14 heteroatoms. The van der Waals surface area contributed by atoms with Crippen LogP contribution in [0, 0.1) is 24.0 Å². The van der Waals surface area contributed by atoms with Gasteiger partial charge in [0.2, 0.25) is 11.6 Å². The van der Waals surface area contributed by atoms with E-state index in [0.717, 1.165) is 6.42 Å².